The van der Waals surface area contributed by atoms with Crippen LogP contribution >= 0.6 is 15.9 Å². The number of hydrogen-bond acceptors (Lipinski definition) is 8. The Labute approximate surface area is 171 Å². The van der Waals surface area contributed by atoms with E-state index in [2.05, 4.69) is 27.5 Å². The fourth-order valence-corrected chi connectivity index (χ4v) is 4.19. The fourth-order valence-electron chi connectivity index (χ4n) is 3.33. The van der Waals surface area contributed by atoms with Gasteiger partial charge in [0.25, 0.3) is 0 Å². The van der Waals surface area contributed by atoms with Gasteiger partial charge in [-0.15, -0.1) is 6.58 Å². The van der Waals surface area contributed by atoms with E-state index < -0.39 is 58.6 Å². The summed E-state index contributed by atoms with van der Waals surface area (Å²) in [6, 6.07) is -1.78. The number of halogens is 1. The van der Waals surface area contributed by atoms with Crippen LogP contribution in [0.5, 0.6) is 0 Å². The third-order valence-electron chi connectivity index (χ3n) is 4.27. The monoisotopic (exact) mass is 459 g/mol. The summed E-state index contributed by atoms with van der Waals surface area (Å²) in [5, 5.41) is 12.0. The Morgan fingerprint density at radius 3 is 2.61 bits per heavy atom. The lowest BCUT2D eigenvalue weighted by Crippen LogP contribution is -2.71. The lowest BCUT2D eigenvalue weighted by atomic mass is 9.74. The second kappa shape index (κ2) is 8.50. The molecule has 3 rings (SSSR count). The Morgan fingerprint density at radius 1 is 1.43 bits per heavy atom. The van der Waals surface area contributed by atoms with Gasteiger partial charge in [0.15, 0.2) is 0 Å². The number of piperidine rings is 2. The number of rotatable bonds is 4. The Morgan fingerprint density at radius 2 is 2.07 bits per heavy atom. The Bertz CT molecular complexity index is 688. The molecule has 28 heavy (non-hydrogen) atoms. The maximum atomic E-state index is 12.8. The largest absolute Gasteiger partial charge is 0.596 e. The van der Waals surface area contributed by atoms with Gasteiger partial charge in [0.1, 0.15) is 23.8 Å². The zero-order valence-electron chi connectivity index (χ0n) is 16.2. The van der Waals surface area contributed by atoms with Crippen molar-refractivity contribution in [3.63, 3.8) is 0 Å². The first-order chi connectivity index (χ1) is 13.0. The van der Waals surface area contributed by atoms with E-state index in [1.807, 2.05) is 0 Å². The number of alkyl halides is 1. The topological polar surface area (TPSA) is 118 Å². The number of carbonyl (C=O) groups is 3. The molecule has 0 aromatic carbocycles. The Balaban J connectivity index is 2.41. The van der Waals surface area contributed by atoms with Crippen molar-refractivity contribution in [3.05, 3.63) is 12.7 Å². The second-order valence-electron chi connectivity index (χ2n) is 7.60. The van der Waals surface area contributed by atoms with Crippen LogP contribution in [0.25, 0.3) is 0 Å². The van der Waals surface area contributed by atoms with Crippen LogP contribution in [0.2, 0.25) is 0 Å². The average Bonchev–Trinajstić information content (AvgIpc) is 2.55. The number of carbonyl (C=O) groups excluding carboxylic acids is 3. The van der Waals surface area contributed by atoms with Crippen LogP contribution in [0.3, 0.4) is 0 Å². The summed E-state index contributed by atoms with van der Waals surface area (Å²) in [7, 11) is 0. The number of nitrogens with zero attached hydrogens (tertiary/aromatic N) is 2. The summed E-state index contributed by atoms with van der Waals surface area (Å²) < 4.78 is 15.6. The van der Waals surface area contributed by atoms with Crippen molar-refractivity contribution in [2.24, 2.45) is 10.9 Å². The van der Waals surface area contributed by atoms with Gasteiger partial charge in [-0.3, -0.25) is 14.6 Å². The molecule has 2 bridgehead atoms. The molecule has 3 fully saturated rings. The number of imide groups is 1. The van der Waals surface area contributed by atoms with E-state index in [0.29, 0.717) is 0 Å². The minimum Gasteiger partial charge on any atom is -0.596 e. The zero-order valence-corrected chi connectivity index (χ0v) is 17.8. The van der Waals surface area contributed by atoms with E-state index in [1.54, 1.807) is 20.8 Å². The van der Waals surface area contributed by atoms with Gasteiger partial charge in [0.05, 0.1) is 16.8 Å². The normalized spacial score (nSPS) is 30.0. The lowest BCUT2D eigenvalue weighted by molar-refractivity contribution is -0.250. The van der Waals surface area contributed by atoms with Gasteiger partial charge in [-0.25, -0.2) is 9.69 Å². The molecule has 0 N–H and O–H groups in total. The standard InChI is InChI=1S/C18H25BrN2O7/c1-6-7-26-16(24)20-11-8-10-12(19)14(27-9(2)22)13(11)21(15(10)23)17(25)28-18(3,4)5/h6,10-14H,1,7-8H2,2-5H3,(H,20,24)/p-1. The highest BCUT2D eigenvalue weighted by Crippen LogP contribution is 2.43. The summed E-state index contributed by atoms with van der Waals surface area (Å²) in [6.45, 7) is 9.67. The van der Waals surface area contributed by atoms with Crippen LogP contribution in [0, 0.1) is 5.92 Å². The van der Waals surface area contributed by atoms with Crippen LogP contribution in [-0.4, -0.2) is 64.2 Å². The summed E-state index contributed by atoms with van der Waals surface area (Å²) in [6.07, 6.45) is -0.986. The molecule has 5 atom stereocenters. The molecule has 0 radical (unpaired) electrons. The van der Waals surface area contributed by atoms with Crippen LogP contribution in [0.4, 0.5) is 4.79 Å². The molecule has 0 spiro atoms. The third-order valence-corrected chi connectivity index (χ3v) is 5.42. The van der Waals surface area contributed by atoms with Crippen molar-refractivity contribution in [3.8, 4) is 0 Å². The maximum absolute atomic E-state index is 12.8. The van der Waals surface area contributed by atoms with E-state index in [0.717, 1.165) is 4.90 Å². The third kappa shape index (κ3) is 4.84. The highest BCUT2D eigenvalue weighted by Gasteiger charge is 2.60. The summed E-state index contributed by atoms with van der Waals surface area (Å²) in [4.78, 5) is 41.5. The van der Waals surface area contributed by atoms with Gasteiger partial charge in [-0.1, -0.05) is 22.0 Å². The molecular formula is C18H24BrN2O7-. The van der Waals surface area contributed by atoms with Crippen molar-refractivity contribution in [1.29, 1.82) is 0 Å². The molecule has 1 aliphatic carbocycles. The molecule has 1 saturated carbocycles. The first-order valence-corrected chi connectivity index (χ1v) is 9.73. The molecular weight excluding hydrogens is 436 g/mol. The molecule has 2 heterocycles. The predicted molar refractivity (Wildman–Crippen MR) is 101 cm³/mol. The Kier molecular flexibility index (Phi) is 6.74. The number of hydrogen-bond donors (Lipinski definition) is 0. The number of amides is 2. The second-order valence-corrected chi connectivity index (χ2v) is 8.66. The van der Waals surface area contributed by atoms with Crippen LogP contribution < -0.4 is 5.11 Å². The average molecular weight is 460 g/mol. The Hall–Kier alpha value is -2.10. The molecule has 2 saturated heterocycles. The van der Waals surface area contributed by atoms with Gasteiger partial charge in [0.2, 0.25) is 5.91 Å². The minimum absolute atomic E-state index is 0.0215. The van der Waals surface area contributed by atoms with Crippen molar-refractivity contribution in [1.82, 2.24) is 4.90 Å². The van der Waals surface area contributed by atoms with Crippen molar-refractivity contribution >= 4 is 40.0 Å². The van der Waals surface area contributed by atoms with Crippen molar-refractivity contribution in [2.45, 2.75) is 62.7 Å². The predicted octanol–water partition coefficient (Wildman–Crippen LogP) is 1.13. The first-order valence-electron chi connectivity index (χ1n) is 8.82. The summed E-state index contributed by atoms with van der Waals surface area (Å²) >= 11 is 3.41. The quantitative estimate of drug-likeness (QED) is 0.203. The number of aliphatic imine (C=N–C) groups is 1. The smallest absolute Gasteiger partial charge is 0.417 e. The van der Waals surface area contributed by atoms with Gasteiger partial charge in [0, 0.05) is 13.5 Å². The molecule has 0 aromatic rings. The van der Waals surface area contributed by atoms with E-state index in [9.17, 15) is 19.5 Å². The molecule has 2 amide bonds. The number of ether oxygens (including phenoxy) is 3. The zero-order chi connectivity index (χ0) is 21.2. The van der Waals surface area contributed by atoms with Gasteiger partial charge >= 0.3 is 12.1 Å². The van der Waals surface area contributed by atoms with Gasteiger partial charge in [-0.2, -0.15) is 0 Å². The summed E-state index contributed by atoms with van der Waals surface area (Å²) in [5.41, 5.74) is -0.839. The number of fused-ring (bicyclic) bond motifs is 3. The molecule has 5 unspecified atom stereocenters. The molecule has 9 nitrogen and oxygen atoms in total. The molecule has 2 aliphatic heterocycles. The lowest BCUT2D eigenvalue weighted by Gasteiger charge is -2.52. The van der Waals surface area contributed by atoms with Crippen molar-refractivity contribution in [2.75, 3.05) is 6.61 Å². The van der Waals surface area contributed by atoms with E-state index in [-0.39, 0.29) is 13.0 Å². The molecule has 3 aliphatic rings. The SMILES string of the molecule is C=CCOC([O-])=NC1CC2C(=O)N(C(=O)OC(C)(C)C)C1C(OC(C)=O)C2Br. The molecule has 10 heteroatoms. The number of esters is 1. The van der Waals surface area contributed by atoms with Crippen LogP contribution in [0.1, 0.15) is 34.1 Å². The van der Waals surface area contributed by atoms with E-state index >= 15 is 0 Å². The maximum Gasteiger partial charge on any atom is 0.417 e. The summed E-state index contributed by atoms with van der Waals surface area (Å²) in [5.74, 6) is -1.76. The van der Waals surface area contributed by atoms with Crippen molar-refractivity contribution < 1.29 is 33.7 Å². The highest BCUT2D eigenvalue weighted by atomic mass is 79.9. The fraction of sp³-hybridized carbons (Fsp3) is 0.667. The molecule has 0 aromatic heterocycles. The van der Waals surface area contributed by atoms with E-state index in [4.69, 9.17) is 14.2 Å². The molecule has 156 valence electrons. The van der Waals surface area contributed by atoms with Gasteiger partial charge < -0.3 is 19.3 Å². The van der Waals surface area contributed by atoms with Crippen LogP contribution in [-0.2, 0) is 23.8 Å². The highest BCUT2D eigenvalue weighted by molar-refractivity contribution is 9.09. The van der Waals surface area contributed by atoms with Crippen LogP contribution in [0.15, 0.2) is 17.6 Å². The van der Waals surface area contributed by atoms with E-state index in [1.165, 1.54) is 13.0 Å². The first kappa shape index (κ1) is 22.2. The van der Waals surface area contributed by atoms with Gasteiger partial charge in [-0.05, 0) is 27.2 Å². The minimum atomic E-state index is -0.989.